The number of furan rings is 1. The van der Waals surface area contributed by atoms with E-state index in [0.29, 0.717) is 27.8 Å². The summed E-state index contributed by atoms with van der Waals surface area (Å²) in [7, 11) is 1.60. The minimum absolute atomic E-state index is 0.0102. The highest BCUT2D eigenvalue weighted by Crippen LogP contribution is 2.41. The van der Waals surface area contributed by atoms with E-state index in [9.17, 15) is 14.7 Å². The molecular formula is C28H24N2O5S. The van der Waals surface area contributed by atoms with Crippen molar-refractivity contribution < 1.29 is 23.8 Å². The number of methoxy groups -OCH3 is 1. The number of Topliss-reactive ketones (excluding diaryl/α,β-unsaturated/α-hetero) is 1. The maximum absolute atomic E-state index is 13.8. The Labute approximate surface area is 212 Å². The third kappa shape index (κ3) is 4.31. The Morgan fingerprint density at radius 3 is 2.53 bits per heavy atom. The van der Waals surface area contributed by atoms with E-state index in [4.69, 9.17) is 9.15 Å². The van der Waals surface area contributed by atoms with E-state index < -0.39 is 23.5 Å². The van der Waals surface area contributed by atoms with Crippen LogP contribution in [0.1, 0.15) is 32.7 Å². The molecule has 1 aliphatic heterocycles. The van der Waals surface area contributed by atoms with Crippen LogP contribution in [0, 0.1) is 6.92 Å². The molecule has 4 aromatic rings. The molecule has 1 atom stereocenters. The van der Waals surface area contributed by atoms with Crippen molar-refractivity contribution in [3.05, 3.63) is 106 Å². The zero-order valence-corrected chi connectivity index (χ0v) is 20.6. The SMILES string of the molecule is COc1ccc(CCN2C(=O)C(O)=C(C(=O)c3sc(-c4ccccc4)nc3C)C2c2ccco2)cc1. The number of carbonyl (C=O) groups is 2. The summed E-state index contributed by atoms with van der Waals surface area (Å²) >= 11 is 1.25. The summed E-state index contributed by atoms with van der Waals surface area (Å²) in [5.74, 6) is -0.419. The first kappa shape index (κ1) is 23.6. The van der Waals surface area contributed by atoms with Crippen LogP contribution in [-0.4, -0.2) is 40.3 Å². The average Bonchev–Trinajstić information content (AvgIpc) is 3.63. The van der Waals surface area contributed by atoms with Gasteiger partial charge in [0.15, 0.2) is 5.76 Å². The molecule has 0 saturated heterocycles. The lowest BCUT2D eigenvalue weighted by molar-refractivity contribution is -0.129. The van der Waals surface area contributed by atoms with Crippen LogP contribution < -0.4 is 4.74 Å². The molecule has 0 aliphatic carbocycles. The normalized spacial score (nSPS) is 15.6. The van der Waals surface area contributed by atoms with Gasteiger partial charge in [-0.1, -0.05) is 42.5 Å². The monoisotopic (exact) mass is 500 g/mol. The summed E-state index contributed by atoms with van der Waals surface area (Å²) in [5, 5.41) is 11.6. The Morgan fingerprint density at radius 2 is 1.86 bits per heavy atom. The van der Waals surface area contributed by atoms with E-state index in [1.807, 2.05) is 54.6 Å². The number of aryl methyl sites for hydroxylation is 1. The number of benzene rings is 2. The van der Waals surface area contributed by atoms with Crippen molar-refractivity contribution in [1.82, 2.24) is 9.88 Å². The van der Waals surface area contributed by atoms with Gasteiger partial charge in [0.25, 0.3) is 5.91 Å². The summed E-state index contributed by atoms with van der Waals surface area (Å²) in [6.45, 7) is 2.04. The summed E-state index contributed by atoms with van der Waals surface area (Å²) < 4.78 is 10.8. The van der Waals surface area contributed by atoms with E-state index in [1.54, 1.807) is 26.2 Å². The average molecular weight is 501 g/mol. The zero-order valence-electron chi connectivity index (χ0n) is 19.8. The second-order valence-electron chi connectivity index (χ2n) is 8.41. The van der Waals surface area contributed by atoms with E-state index in [-0.39, 0.29) is 12.1 Å². The first-order chi connectivity index (χ1) is 17.5. The van der Waals surface area contributed by atoms with Gasteiger partial charge in [0.1, 0.15) is 22.6 Å². The van der Waals surface area contributed by atoms with Gasteiger partial charge in [-0.05, 0) is 43.2 Å². The third-order valence-corrected chi connectivity index (χ3v) is 7.39. The van der Waals surface area contributed by atoms with E-state index in [1.165, 1.54) is 22.5 Å². The molecule has 3 heterocycles. The van der Waals surface area contributed by atoms with Crippen LogP contribution in [0.3, 0.4) is 0 Å². The van der Waals surface area contributed by atoms with Gasteiger partial charge < -0.3 is 19.2 Å². The minimum Gasteiger partial charge on any atom is -0.503 e. The molecule has 1 amide bonds. The van der Waals surface area contributed by atoms with Gasteiger partial charge in [-0.2, -0.15) is 0 Å². The molecule has 2 aromatic carbocycles. The fraction of sp³-hybridized carbons (Fsp3) is 0.179. The molecule has 1 aliphatic rings. The highest BCUT2D eigenvalue weighted by Gasteiger charge is 2.45. The molecule has 0 bridgehead atoms. The lowest BCUT2D eigenvalue weighted by Gasteiger charge is -2.24. The van der Waals surface area contributed by atoms with E-state index in [2.05, 4.69) is 4.98 Å². The van der Waals surface area contributed by atoms with Crippen LogP contribution in [0.2, 0.25) is 0 Å². The largest absolute Gasteiger partial charge is 0.503 e. The molecule has 2 aromatic heterocycles. The Bertz CT molecular complexity index is 1420. The molecular weight excluding hydrogens is 476 g/mol. The highest BCUT2D eigenvalue weighted by molar-refractivity contribution is 7.17. The fourth-order valence-electron chi connectivity index (χ4n) is 4.33. The van der Waals surface area contributed by atoms with Gasteiger partial charge in [-0.25, -0.2) is 4.98 Å². The van der Waals surface area contributed by atoms with Crippen molar-refractivity contribution in [2.45, 2.75) is 19.4 Å². The number of ether oxygens (including phenoxy) is 1. The molecule has 7 nitrogen and oxygen atoms in total. The number of hydrogen-bond acceptors (Lipinski definition) is 7. The van der Waals surface area contributed by atoms with Crippen LogP contribution in [0.25, 0.3) is 10.6 Å². The number of hydrogen-bond donors (Lipinski definition) is 1. The van der Waals surface area contributed by atoms with Crippen LogP contribution in [0.4, 0.5) is 0 Å². The van der Waals surface area contributed by atoms with Crippen LogP contribution in [-0.2, 0) is 11.2 Å². The van der Waals surface area contributed by atoms with Crippen LogP contribution in [0.15, 0.2) is 88.7 Å². The number of nitrogens with zero attached hydrogens (tertiary/aromatic N) is 2. The second-order valence-corrected chi connectivity index (χ2v) is 9.40. The van der Waals surface area contributed by atoms with Gasteiger partial charge in [-0.3, -0.25) is 9.59 Å². The summed E-state index contributed by atoms with van der Waals surface area (Å²) in [6, 6.07) is 19.7. The van der Waals surface area contributed by atoms with Crippen LogP contribution >= 0.6 is 11.3 Å². The summed E-state index contributed by atoms with van der Waals surface area (Å²) in [6.07, 6.45) is 2.02. The summed E-state index contributed by atoms with van der Waals surface area (Å²) in [4.78, 5) is 33.4. The number of carbonyl (C=O) groups excluding carboxylic acids is 2. The standard InChI is InChI=1S/C28H24N2O5S/c1-17-26(36-27(29-17)19-7-4-3-5-8-19)24(31)22-23(21-9-6-16-35-21)30(28(33)25(22)32)15-14-18-10-12-20(34-2)13-11-18/h3-13,16,23,32H,14-15H2,1-2H3. The Morgan fingerprint density at radius 1 is 1.11 bits per heavy atom. The van der Waals surface area contributed by atoms with Crippen molar-refractivity contribution in [3.63, 3.8) is 0 Å². The molecule has 0 radical (unpaired) electrons. The first-order valence-corrected chi connectivity index (χ1v) is 12.3. The van der Waals surface area contributed by atoms with E-state index >= 15 is 0 Å². The lowest BCUT2D eigenvalue weighted by atomic mass is 9.99. The number of aromatic nitrogens is 1. The van der Waals surface area contributed by atoms with Crippen molar-refractivity contribution in [1.29, 1.82) is 0 Å². The molecule has 1 N–H and O–H groups in total. The Hall–Kier alpha value is -4.17. The number of ketones is 1. The fourth-order valence-corrected chi connectivity index (χ4v) is 5.36. The number of aliphatic hydroxyl groups is 1. The Balaban J connectivity index is 1.47. The maximum Gasteiger partial charge on any atom is 0.290 e. The smallest absolute Gasteiger partial charge is 0.290 e. The Kier molecular flexibility index (Phi) is 6.43. The predicted octanol–water partition coefficient (Wildman–Crippen LogP) is 5.54. The number of rotatable bonds is 8. The topological polar surface area (TPSA) is 92.9 Å². The van der Waals surface area contributed by atoms with Crippen molar-refractivity contribution in [2.75, 3.05) is 13.7 Å². The highest BCUT2D eigenvalue weighted by atomic mass is 32.1. The molecule has 182 valence electrons. The van der Waals surface area contributed by atoms with Gasteiger partial charge >= 0.3 is 0 Å². The van der Waals surface area contributed by atoms with Crippen molar-refractivity contribution in [3.8, 4) is 16.3 Å². The number of aliphatic hydroxyl groups excluding tert-OH is 1. The quantitative estimate of drug-likeness (QED) is 0.319. The molecule has 5 rings (SSSR count). The first-order valence-electron chi connectivity index (χ1n) is 11.5. The molecule has 36 heavy (non-hydrogen) atoms. The second kappa shape index (κ2) is 9.83. The number of amides is 1. The minimum atomic E-state index is -0.833. The lowest BCUT2D eigenvalue weighted by Crippen LogP contribution is -2.32. The molecule has 1 unspecified atom stereocenters. The molecule has 8 heteroatoms. The molecule has 0 saturated carbocycles. The predicted molar refractivity (Wildman–Crippen MR) is 136 cm³/mol. The van der Waals surface area contributed by atoms with Gasteiger partial charge in [0.05, 0.1) is 29.5 Å². The zero-order chi connectivity index (χ0) is 25.2. The van der Waals surface area contributed by atoms with E-state index in [0.717, 1.165) is 16.9 Å². The van der Waals surface area contributed by atoms with Crippen molar-refractivity contribution in [2.24, 2.45) is 0 Å². The molecule has 0 spiro atoms. The molecule has 0 fully saturated rings. The maximum atomic E-state index is 13.8. The summed E-state index contributed by atoms with van der Waals surface area (Å²) in [5.41, 5.74) is 2.45. The van der Waals surface area contributed by atoms with Gasteiger partial charge in [0, 0.05) is 12.1 Å². The van der Waals surface area contributed by atoms with Crippen LogP contribution in [0.5, 0.6) is 5.75 Å². The van der Waals surface area contributed by atoms with Gasteiger partial charge in [0.2, 0.25) is 5.78 Å². The van der Waals surface area contributed by atoms with Gasteiger partial charge in [-0.15, -0.1) is 11.3 Å². The third-order valence-electron chi connectivity index (χ3n) is 6.18. The number of thiazole rings is 1. The van der Waals surface area contributed by atoms with Crippen molar-refractivity contribution >= 4 is 23.0 Å².